The van der Waals surface area contributed by atoms with Crippen molar-refractivity contribution in [2.24, 2.45) is 0 Å². The highest BCUT2D eigenvalue weighted by Crippen LogP contribution is 2.21. The molecule has 0 fully saturated rings. The Morgan fingerprint density at radius 3 is 2.64 bits per heavy atom. The number of anilines is 1. The van der Waals surface area contributed by atoms with Gasteiger partial charge in [0.2, 0.25) is 0 Å². The number of ether oxygens (including phenoxy) is 1. The highest BCUT2D eigenvalue weighted by molar-refractivity contribution is 5.74. The zero-order valence-corrected chi connectivity index (χ0v) is 14.8. The van der Waals surface area contributed by atoms with Gasteiger partial charge >= 0.3 is 6.03 Å². The predicted molar refractivity (Wildman–Crippen MR) is 95.3 cm³/mol. The second-order valence-electron chi connectivity index (χ2n) is 5.86. The van der Waals surface area contributed by atoms with Crippen LogP contribution in [0.4, 0.5) is 15.0 Å². The number of halogens is 1. The van der Waals surface area contributed by atoms with Crippen LogP contribution in [0.2, 0.25) is 0 Å². The molecule has 25 heavy (non-hydrogen) atoms. The number of nitrogens with zero attached hydrogens (tertiary/aromatic N) is 2. The summed E-state index contributed by atoms with van der Waals surface area (Å²) in [4.78, 5) is 18.2. The Morgan fingerprint density at radius 1 is 1.32 bits per heavy atom. The molecule has 0 aliphatic carbocycles. The molecule has 1 heterocycles. The number of carbonyl (C=O) groups is 1. The molecular weight excluding hydrogens is 323 g/mol. The number of nitrogens with one attached hydrogen (secondary N) is 2. The summed E-state index contributed by atoms with van der Waals surface area (Å²) in [6, 6.07) is 7.74. The third-order valence-corrected chi connectivity index (χ3v) is 3.74. The monoisotopic (exact) mass is 346 g/mol. The van der Waals surface area contributed by atoms with Crippen LogP contribution in [-0.2, 0) is 6.54 Å². The lowest BCUT2D eigenvalue weighted by Crippen LogP contribution is -2.36. The van der Waals surface area contributed by atoms with Crippen LogP contribution in [-0.4, -0.2) is 32.2 Å². The highest BCUT2D eigenvalue weighted by Gasteiger charge is 2.12. The van der Waals surface area contributed by atoms with Crippen molar-refractivity contribution in [2.75, 3.05) is 26.1 Å². The summed E-state index contributed by atoms with van der Waals surface area (Å²) in [5.41, 5.74) is 1.55. The number of benzene rings is 1. The summed E-state index contributed by atoms with van der Waals surface area (Å²) in [5.74, 6) is 0.568. The molecule has 6 nitrogen and oxygen atoms in total. The van der Waals surface area contributed by atoms with Crippen molar-refractivity contribution >= 4 is 11.8 Å². The Balaban J connectivity index is 1.88. The number of pyridine rings is 1. The number of rotatable bonds is 6. The van der Waals surface area contributed by atoms with Crippen molar-refractivity contribution in [3.63, 3.8) is 0 Å². The fourth-order valence-electron chi connectivity index (χ4n) is 2.25. The molecule has 7 heteroatoms. The topological polar surface area (TPSA) is 66.5 Å². The summed E-state index contributed by atoms with van der Waals surface area (Å²) in [6.07, 6.45) is 1.72. The highest BCUT2D eigenvalue weighted by atomic mass is 19.1. The van der Waals surface area contributed by atoms with E-state index in [1.807, 2.05) is 31.1 Å². The summed E-state index contributed by atoms with van der Waals surface area (Å²) >= 11 is 0. The van der Waals surface area contributed by atoms with Crippen LogP contribution in [0.5, 0.6) is 5.75 Å². The first kappa shape index (κ1) is 18.5. The van der Waals surface area contributed by atoms with Crippen molar-refractivity contribution in [2.45, 2.75) is 19.5 Å². The van der Waals surface area contributed by atoms with E-state index in [0.29, 0.717) is 12.1 Å². The van der Waals surface area contributed by atoms with E-state index >= 15 is 0 Å². The lowest BCUT2D eigenvalue weighted by Gasteiger charge is -2.16. The smallest absolute Gasteiger partial charge is 0.315 e. The average Bonchev–Trinajstić information content (AvgIpc) is 2.60. The molecule has 2 N–H and O–H groups in total. The first-order valence-corrected chi connectivity index (χ1v) is 7.90. The van der Waals surface area contributed by atoms with Crippen LogP contribution in [0.3, 0.4) is 0 Å². The van der Waals surface area contributed by atoms with Crippen LogP contribution in [0.25, 0.3) is 0 Å². The zero-order chi connectivity index (χ0) is 18.4. The predicted octanol–water partition coefficient (Wildman–Crippen LogP) is 2.86. The van der Waals surface area contributed by atoms with E-state index in [1.165, 1.54) is 13.2 Å². The van der Waals surface area contributed by atoms with Crippen molar-refractivity contribution in [3.05, 3.63) is 53.5 Å². The van der Waals surface area contributed by atoms with Crippen LogP contribution in [0.15, 0.2) is 36.5 Å². The molecule has 2 amide bonds. The van der Waals surface area contributed by atoms with Crippen LogP contribution in [0, 0.1) is 5.82 Å². The van der Waals surface area contributed by atoms with Gasteiger partial charge < -0.3 is 20.3 Å². The second kappa shape index (κ2) is 8.32. The number of amides is 2. The van der Waals surface area contributed by atoms with E-state index in [9.17, 15) is 9.18 Å². The van der Waals surface area contributed by atoms with Gasteiger partial charge in [0.1, 0.15) is 5.82 Å². The first-order valence-electron chi connectivity index (χ1n) is 7.90. The minimum Gasteiger partial charge on any atom is -0.494 e. The molecule has 2 rings (SSSR count). The zero-order valence-electron chi connectivity index (χ0n) is 14.8. The molecule has 134 valence electrons. The molecule has 0 bridgehead atoms. The number of methoxy groups -OCH3 is 1. The van der Waals surface area contributed by atoms with Gasteiger partial charge in [0.25, 0.3) is 0 Å². The molecule has 1 atom stereocenters. The molecule has 1 aromatic heterocycles. The lowest BCUT2D eigenvalue weighted by atomic mass is 10.1. The van der Waals surface area contributed by atoms with E-state index < -0.39 is 5.82 Å². The van der Waals surface area contributed by atoms with Gasteiger partial charge in [-0.1, -0.05) is 12.1 Å². The third kappa shape index (κ3) is 5.07. The molecule has 0 saturated heterocycles. The fraction of sp³-hybridized carbons (Fsp3) is 0.333. The quantitative estimate of drug-likeness (QED) is 0.844. The van der Waals surface area contributed by atoms with E-state index in [1.54, 1.807) is 25.3 Å². The van der Waals surface area contributed by atoms with Gasteiger partial charge in [-0.25, -0.2) is 14.2 Å². The van der Waals surface area contributed by atoms with Gasteiger partial charge in [-0.2, -0.15) is 0 Å². The summed E-state index contributed by atoms with van der Waals surface area (Å²) in [7, 11) is 5.24. The van der Waals surface area contributed by atoms with Crippen molar-refractivity contribution in [1.29, 1.82) is 0 Å². The molecule has 0 aliphatic rings. The molecule has 0 radical (unpaired) electrons. The van der Waals surface area contributed by atoms with Crippen molar-refractivity contribution in [1.82, 2.24) is 15.6 Å². The number of hydrogen-bond acceptors (Lipinski definition) is 4. The standard InChI is InChI=1S/C18H23FN4O2/c1-12(14-6-7-16(25-4)15(19)9-14)22-18(24)21-11-13-5-8-17(20-10-13)23(2)3/h5-10,12H,11H2,1-4H3,(H2,21,22,24)/t12-/m0/s1. The first-order chi connectivity index (χ1) is 11.9. The molecule has 2 aromatic rings. The van der Waals surface area contributed by atoms with Crippen molar-refractivity contribution < 1.29 is 13.9 Å². The van der Waals surface area contributed by atoms with E-state index in [4.69, 9.17) is 4.74 Å². The SMILES string of the molecule is COc1ccc([C@H](C)NC(=O)NCc2ccc(N(C)C)nc2)cc1F. The maximum Gasteiger partial charge on any atom is 0.315 e. The molecule has 1 aromatic carbocycles. The fourth-order valence-corrected chi connectivity index (χ4v) is 2.25. The number of carbonyl (C=O) groups excluding carboxylic acids is 1. The second-order valence-corrected chi connectivity index (χ2v) is 5.86. The largest absolute Gasteiger partial charge is 0.494 e. The Kier molecular flexibility index (Phi) is 6.16. The van der Waals surface area contributed by atoms with Crippen LogP contribution in [0.1, 0.15) is 24.1 Å². The Morgan fingerprint density at radius 2 is 2.08 bits per heavy atom. The molecule has 0 unspecified atom stereocenters. The van der Waals surface area contributed by atoms with Gasteiger partial charge in [0, 0.05) is 26.8 Å². The van der Waals surface area contributed by atoms with Gasteiger partial charge in [-0.05, 0) is 36.2 Å². The van der Waals surface area contributed by atoms with Gasteiger partial charge in [0.05, 0.1) is 13.2 Å². The van der Waals surface area contributed by atoms with Crippen LogP contribution < -0.4 is 20.3 Å². The van der Waals surface area contributed by atoms with E-state index in [-0.39, 0.29) is 17.8 Å². The number of aromatic nitrogens is 1. The van der Waals surface area contributed by atoms with Gasteiger partial charge in [0.15, 0.2) is 11.6 Å². The summed E-state index contributed by atoms with van der Waals surface area (Å²) in [6.45, 7) is 2.14. The summed E-state index contributed by atoms with van der Waals surface area (Å²) in [5, 5.41) is 5.54. The molecule has 0 spiro atoms. The number of urea groups is 1. The minimum absolute atomic E-state index is 0.175. The third-order valence-electron chi connectivity index (χ3n) is 3.74. The molecule has 0 saturated carbocycles. The lowest BCUT2D eigenvalue weighted by molar-refractivity contribution is 0.237. The van der Waals surface area contributed by atoms with Crippen molar-refractivity contribution in [3.8, 4) is 5.75 Å². The minimum atomic E-state index is -0.457. The maximum atomic E-state index is 13.7. The Bertz CT molecular complexity index is 720. The normalized spacial score (nSPS) is 11.6. The Labute approximate surface area is 147 Å². The number of hydrogen-bond donors (Lipinski definition) is 2. The van der Waals surface area contributed by atoms with E-state index in [2.05, 4.69) is 15.6 Å². The maximum absolute atomic E-state index is 13.7. The average molecular weight is 346 g/mol. The molecule has 0 aliphatic heterocycles. The molecular formula is C18H23FN4O2. The van der Waals surface area contributed by atoms with Crippen LogP contribution >= 0.6 is 0 Å². The summed E-state index contributed by atoms with van der Waals surface area (Å²) < 4.78 is 18.6. The Hall–Kier alpha value is -2.83. The van der Waals surface area contributed by atoms with E-state index in [0.717, 1.165) is 11.4 Å². The van der Waals surface area contributed by atoms with Gasteiger partial charge in [-0.15, -0.1) is 0 Å². The van der Waals surface area contributed by atoms with Gasteiger partial charge in [-0.3, -0.25) is 0 Å².